The van der Waals surface area contributed by atoms with Crippen molar-refractivity contribution in [3.63, 3.8) is 0 Å². The van der Waals surface area contributed by atoms with E-state index in [0.29, 0.717) is 25.9 Å². The summed E-state index contributed by atoms with van der Waals surface area (Å²) in [6, 6.07) is 7.67. The van der Waals surface area contributed by atoms with Crippen LogP contribution in [-0.4, -0.2) is 43.0 Å². The number of thiophene rings is 1. The monoisotopic (exact) mass is 449 g/mol. The molecule has 0 fully saturated rings. The number of anilines is 1. The predicted molar refractivity (Wildman–Crippen MR) is 116 cm³/mol. The number of aromatic nitrogens is 1. The second-order valence-corrected chi connectivity index (χ2v) is 9.21. The maximum atomic E-state index is 13.1. The minimum Gasteiger partial charge on any atom is -0.308 e. The highest BCUT2D eigenvalue weighted by Crippen LogP contribution is 2.35. The number of carbonyl (C=O) groups excluding carboxylic acids is 1. The zero-order valence-electron chi connectivity index (χ0n) is 14.5. The van der Waals surface area contributed by atoms with Crippen LogP contribution in [0.3, 0.4) is 0 Å². The standard InChI is InChI=1S/C17H17Cl2N3OS2.ClH/c1-10-5-4-6-12-14(10)20-17(24-12)22(8-7-21(2)3)16(23)11-9-13(18)25-15(11)19;/h4-6,9H,7-8H2,1-3H3;1H. The number of benzene rings is 1. The zero-order chi connectivity index (χ0) is 18.1. The average Bonchev–Trinajstić information content (AvgIpc) is 3.11. The molecular formula is C17H18Cl3N3OS2. The molecule has 1 aromatic carbocycles. The maximum absolute atomic E-state index is 13.1. The van der Waals surface area contributed by atoms with Crippen molar-refractivity contribution in [2.45, 2.75) is 6.92 Å². The number of amides is 1. The van der Waals surface area contributed by atoms with Gasteiger partial charge in [0.25, 0.3) is 5.91 Å². The van der Waals surface area contributed by atoms with Crippen LogP contribution in [0.4, 0.5) is 5.13 Å². The molecule has 0 saturated carbocycles. The van der Waals surface area contributed by atoms with Crippen LogP contribution in [0.1, 0.15) is 15.9 Å². The molecule has 2 heterocycles. The first-order chi connectivity index (χ1) is 11.9. The summed E-state index contributed by atoms with van der Waals surface area (Å²) in [4.78, 5) is 21.5. The lowest BCUT2D eigenvalue weighted by Gasteiger charge is -2.21. The quantitative estimate of drug-likeness (QED) is 0.507. The number of likely N-dealkylation sites (N-methyl/N-ethyl adjacent to an activating group) is 1. The summed E-state index contributed by atoms with van der Waals surface area (Å²) < 4.78 is 1.97. The highest BCUT2D eigenvalue weighted by Gasteiger charge is 2.25. The van der Waals surface area contributed by atoms with Crippen molar-refractivity contribution in [3.05, 3.63) is 44.1 Å². The Morgan fingerprint density at radius 3 is 2.50 bits per heavy atom. The Hall–Kier alpha value is -0.890. The van der Waals surface area contributed by atoms with Gasteiger partial charge < -0.3 is 4.90 Å². The average molecular weight is 451 g/mol. The van der Waals surface area contributed by atoms with E-state index < -0.39 is 0 Å². The molecule has 0 aliphatic carbocycles. The number of nitrogens with zero attached hydrogens (tertiary/aromatic N) is 3. The van der Waals surface area contributed by atoms with E-state index in [1.807, 2.05) is 44.1 Å². The van der Waals surface area contributed by atoms with Gasteiger partial charge in [-0.25, -0.2) is 4.98 Å². The van der Waals surface area contributed by atoms with Gasteiger partial charge in [0, 0.05) is 13.1 Å². The van der Waals surface area contributed by atoms with E-state index in [1.165, 1.54) is 22.7 Å². The maximum Gasteiger partial charge on any atom is 0.262 e. The number of aryl methyl sites for hydroxylation is 1. The van der Waals surface area contributed by atoms with Crippen molar-refractivity contribution < 1.29 is 4.79 Å². The first-order valence-electron chi connectivity index (χ1n) is 7.64. The molecule has 9 heteroatoms. The van der Waals surface area contributed by atoms with Crippen LogP contribution in [0, 0.1) is 6.92 Å². The molecule has 140 valence electrons. The van der Waals surface area contributed by atoms with Crippen LogP contribution in [0.25, 0.3) is 10.2 Å². The zero-order valence-corrected chi connectivity index (χ0v) is 18.4. The Balaban J connectivity index is 0.00000243. The van der Waals surface area contributed by atoms with Gasteiger partial charge >= 0.3 is 0 Å². The number of halogens is 3. The van der Waals surface area contributed by atoms with Gasteiger partial charge in [0.15, 0.2) is 5.13 Å². The van der Waals surface area contributed by atoms with Gasteiger partial charge in [0.2, 0.25) is 0 Å². The molecular weight excluding hydrogens is 433 g/mol. The van der Waals surface area contributed by atoms with Crippen molar-refractivity contribution in [2.24, 2.45) is 0 Å². The molecule has 26 heavy (non-hydrogen) atoms. The van der Waals surface area contributed by atoms with Gasteiger partial charge in [-0.3, -0.25) is 9.69 Å². The van der Waals surface area contributed by atoms with Crippen LogP contribution in [0.2, 0.25) is 8.67 Å². The number of para-hydroxylation sites is 1. The smallest absolute Gasteiger partial charge is 0.262 e. The lowest BCUT2D eigenvalue weighted by Crippen LogP contribution is -2.36. The van der Waals surface area contributed by atoms with E-state index in [9.17, 15) is 4.79 Å². The number of rotatable bonds is 5. The number of hydrogen-bond donors (Lipinski definition) is 0. The van der Waals surface area contributed by atoms with Crippen LogP contribution < -0.4 is 4.90 Å². The molecule has 4 nitrogen and oxygen atoms in total. The van der Waals surface area contributed by atoms with E-state index in [4.69, 9.17) is 28.2 Å². The molecule has 3 aromatic rings. The van der Waals surface area contributed by atoms with Crippen molar-refractivity contribution >= 4 is 79.5 Å². The SMILES string of the molecule is Cc1cccc2sc(N(CCN(C)C)C(=O)c3cc(Cl)sc3Cl)nc12.Cl. The molecule has 3 rings (SSSR count). The number of fused-ring (bicyclic) bond motifs is 1. The third-order valence-electron chi connectivity index (χ3n) is 3.74. The van der Waals surface area contributed by atoms with Gasteiger partial charge in [-0.05, 0) is 38.7 Å². The Bertz CT molecular complexity index is 923. The largest absolute Gasteiger partial charge is 0.308 e. The number of carbonyl (C=O) groups is 1. The van der Waals surface area contributed by atoms with E-state index in [1.54, 1.807) is 11.0 Å². The molecule has 1 amide bonds. The second-order valence-electron chi connectivity index (χ2n) is 5.92. The highest BCUT2D eigenvalue weighted by atomic mass is 35.5. The summed E-state index contributed by atoms with van der Waals surface area (Å²) in [6.45, 7) is 3.26. The van der Waals surface area contributed by atoms with E-state index in [0.717, 1.165) is 22.3 Å². The first-order valence-corrected chi connectivity index (χ1v) is 10.0. The van der Waals surface area contributed by atoms with Gasteiger partial charge in [0.05, 0.1) is 20.1 Å². The first kappa shape index (κ1) is 21.4. The molecule has 0 bridgehead atoms. The molecule has 0 radical (unpaired) electrons. The lowest BCUT2D eigenvalue weighted by molar-refractivity contribution is 0.0986. The van der Waals surface area contributed by atoms with E-state index >= 15 is 0 Å². The number of hydrogen-bond acceptors (Lipinski definition) is 5. The Kier molecular flexibility index (Phi) is 7.30. The summed E-state index contributed by atoms with van der Waals surface area (Å²) in [5.74, 6) is -0.174. The van der Waals surface area contributed by atoms with Crippen LogP contribution in [0.15, 0.2) is 24.3 Å². The highest BCUT2D eigenvalue weighted by molar-refractivity contribution is 7.22. The van der Waals surface area contributed by atoms with Gasteiger partial charge in [-0.2, -0.15) is 0 Å². The van der Waals surface area contributed by atoms with Gasteiger partial charge in [-0.15, -0.1) is 23.7 Å². The third-order valence-corrected chi connectivity index (χ3v) is 6.27. The van der Waals surface area contributed by atoms with Crippen molar-refractivity contribution in [3.8, 4) is 0 Å². The molecule has 0 unspecified atom stereocenters. The summed E-state index contributed by atoms with van der Waals surface area (Å²) in [7, 11) is 3.94. The Morgan fingerprint density at radius 2 is 1.92 bits per heavy atom. The van der Waals surface area contributed by atoms with E-state index in [-0.39, 0.29) is 18.3 Å². The molecule has 0 N–H and O–H groups in total. The minimum absolute atomic E-state index is 0. The van der Waals surface area contributed by atoms with Crippen molar-refractivity contribution in [2.75, 3.05) is 32.1 Å². The molecule has 0 atom stereocenters. The number of thiazole rings is 1. The summed E-state index contributed by atoms with van der Waals surface area (Å²) in [6.07, 6.45) is 0. The molecule has 0 spiro atoms. The topological polar surface area (TPSA) is 36.4 Å². The van der Waals surface area contributed by atoms with Crippen molar-refractivity contribution in [1.29, 1.82) is 0 Å². The minimum atomic E-state index is -0.174. The van der Waals surface area contributed by atoms with Crippen LogP contribution in [0.5, 0.6) is 0 Å². The molecule has 0 aliphatic heterocycles. The summed E-state index contributed by atoms with van der Waals surface area (Å²) in [5, 5.41) is 0.675. The van der Waals surface area contributed by atoms with E-state index in [2.05, 4.69) is 0 Å². The van der Waals surface area contributed by atoms with Crippen LogP contribution >= 0.6 is 58.3 Å². The Morgan fingerprint density at radius 1 is 1.19 bits per heavy atom. The normalized spacial score (nSPS) is 11.0. The Labute approximate surface area is 176 Å². The third kappa shape index (κ3) is 4.50. The van der Waals surface area contributed by atoms with Gasteiger partial charge in [0.1, 0.15) is 4.34 Å². The molecule has 0 saturated heterocycles. The fourth-order valence-electron chi connectivity index (χ4n) is 2.41. The summed E-state index contributed by atoms with van der Waals surface area (Å²) >= 11 is 14.9. The lowest BCUT2D eigenvalue weighted by atomic mass is 10.2. The fourth-order valence-corrected chi connectivity index (χ4v) is 4.92. The van der Waals surface area contributed by atoms with Gasteiger partial charge in [-0.1, -0.05) is 46.7 Å². The fraction of sp³-hybridized carbons (Fsp3) is 0.294. The second kappa shape index (κ2) is 8.87. The van der Waals surface area contributed by atoms with Crippen LogP contribution in [-0.2, 0) is 0 Å². The van der Waals surface area contributed by atoms with Crippen molar-refractivity contribution in [1.82, 2.24) is 9.88 Å². The predicted octanol–water partition coefficient (Wildman–Crippen LogP) is 5.60. The summed E-state index contributed by atoms with van der Waals surface area (Å²) in [5.41, 5.74) is 2.45. The molecule has 2 aromatic heterocycles. The molecule has 0 aliphatic rings.